The molecule has 0 aliphatic heterocycles. The summed E-state index contributed by atoms with van der Waals surface area (Å²) in [5.74, 6) is 2.17. The largest absolute Gasteiger partial charge is 0.497 e. The molecule has 7 heteroatoms. The van der Waals surface area contributed by atoms with Crippen LogP contribution in [0, 0.1) is 0 Å². The molecule has 3 N–H and O–H groups in total. The number of methoxy groups -OCH3 is 2. The van der Waals surface area contributed by atoms with Crippen LogP contribution in [0.2, 0.25) is 0 Å². The highest BCUT2D eigenvalue weighted by atomic mass is 32.1. The molecule has 0 fully saturated rings. The molecule has 0 radical (unpaired) electrons. The zero-order valence-electron chi connectivity index (χ0n) is 15.1. The van der Waals surface area contributed by atoms with Gasteiger partial charge < -0.3 is 19.5 Å². The minimum Gasteiger partial charge on any atom is -0.497 e. The molecule has 0 aromatic heterocycles. The number of benzene rings is 2. The van der Waals surface area contributed by atoms with Crippen molar-refractivity contribution in [3.63, 3.8) is 0 Å². The van der Waals surface area contributed by atoms with Crippen LogP contribution in [-0.4, -0.2) is 25.9 Å². The number of hydrazine groups is 1. The smallest absolute Gasteiger partial charge is 0.189 e. The first-order valence-corrected chi connectivity index (χ1v) is 8.45. The molecule has 138 valence electrons. The Morgan fingerprint density at radius 3 is 2.31 bits per heavy atom. The SMILES string of the molecule is C=C(NNC(=S)Nc1ccc(OCC)cc1)c1ccc(OC)cc1OC. The highest BCUT2D eigenvalue weighted by Gasteiger charge is 2.09. The Kier molecular flexibility index (Phi) is 7.11. The van der Waals surface area contributed by atoms with Crippen molar-refractivity contribution in [1.29, 1.82) is 0 Å². The lowest BCUT2D eigenvalue weighted by Crippen LogP contribution is -2.38. The van der Waals surface area contributed by atoms with Crippen molar-refractivity contribution in [2.24, 2.45) is 0 Å². The maximum absolute atomic E-state index is 5.41. The summed E-state index contributed by atoms with van der Waals surface area (Å²) in [6, 6.07) is 13.0. The normalized spacial score (nSPS) is 9.81. The molecule has 0 heterocycles. The number of ether oxygens (including phenoxy) is 3. The van der Waals surface area contributed by atoms with E-state index in [1.165, 1.54) is 0 Å². The van der Waals surface area contributed by atoms with Gasteiger partial charge in [0, 0.05) is 17.3 Å². The van der Waals surface area contributed by atoms with Crippen LogP contribution in [0.4, 0.5) is 5.69 Å². The van der Waals surface area contributed by atoms with Crippen molar-refractivity contribution in [3.05, 3.63) is 54.6 Å². The summed E-state index contributed by atoms with van der Waals surface area (Å²) in [6.07, 6.45) is 0. The first-order valence-electron chi connectivity index (χ1n) is 8.04. The highest BCUT2D eigenvalue weighted by molar-refractivity contribution is 7.80. The summed E-state index contributed by atoms with van der Waals surface area (Å²) in [5.41, 5.74) is 8.13. The Morgan fingerprint density at radius 2 is 1.69 bits per heavy atom. The van der Waals surface area contributed by atoms with Crippen LogP contribution in [0.3, 0.4) is 0 Å². The van der Waals surface area contributed by atoms with Crippen molar-refractivity contribution in [3.8, 4) is 17.2 Å². The van der Waals surface area contributed by atoms with Gasteiger partial charge in [-0.15, -0.1) is 0 Å². The van der Waals surface area contributed by atoms with Crippen LogP contribution in [-0.2, 0) is 0 Å². The molecule has 0 spiro atoms. The monoisotopic (exact) mass is 373 g/mol. The van der Waals surface area contributed by atoms with E-state index in [0.29, 0.717) is 28.9 Å². The Bertz CT molecular complexity index is 763. The lowest BCUT2D eigenvalue weighted by Gasteiger charge is -2.17. The molecular weight excluding hydrogens is 350 g/mol. The predicted molar refractivity (Wildman–Crippen MR) is 109 cm³/mol. The van der Waals surface area contributed by atoms with Crippen LogP contribution >= 0.6 is 12.2 Å². The molecule has 0 atom stereocenters. The molecule has 2 aromatic rings. The molecule has 0 saturated carbocycles. The van der Waals surface area contributed by atoms with Gasteiger partial charge in [0.2, 0.25) is 0 Å². The van der Waals surface area contributed by atoms with E-state index in [1.54, 1.807) is 20.3 Å². The van der Waals surface area contributed by atoms with E-state index in [4.69, 9.17) is 26.4 Å². The number of anilines is 1. The van der Waals surface area contributed by atoms with E-state index in [0.717, 1.165) is 17.0 Å². The van der Waals surface area contributed by atoms with E-state index in [-0.39, 0.29) is 0 Å². The third kappa shape index (κ3) is 5.29. The lowest BCUT2D eigenvalue weighted by atomic mass is 10.1. The maximum atomic E-state index is 5.41. The van der Waals surface area contributed by atoms with Crippen LogP contribution in [0.25, 0.3) is 5.70 Å². The average molecular weight is 373 g/mol. The predicted octanol–water partition coefficient (Wildman–Crippen LogP) is 3.56. The third-order valence-corrected chi connectivity index (χ3v) is 3.69. The third-order valence-electron chi connectivity index (χ3n) is 3.48. The number of hydrogen-bond acceptors (Lipinski definition) is 5. The van der Waals surface area contributed by atoms with Crippen molar-refractivity contribution in [1.82, 2.24) is 10.9 Å². The van der Waals surface area contributed by atoms with Gasteiger partial charge in [-0.2, -0.15) is 0 Å². The van der Waals surface area contributed by atoms with Gasteiger partial charge in [-0.05, 0) is 55.5 Å². The summed E-state index contributed by atoms with van der Waals surface area (Å²) in [5, 5.41) is 3.48. The minimum atomic E-state index is 0.405. The second-order valence-corrected chi connectivity index (χ2v) is 5.61. The zero-order valence-corrected chi connectivity index (χ0v) is 15.9. The van der Waals surface area contributed by atoms with Gasteiger partial charge in [0.1, 0.15) is 17.2 Å². The lowest BCUT2D eigenvalue weighted by molar-refractivity contribution is 0.340. The Hall–Kier alpha value is -2.93. The molecular formula is C19H23N3O3S. The van der Waals surface area contributed by atoms with Crippen LogP contribution in [0.15, 0.2) is 49.0 Å². The summed E-state index contributed by atoms with van der Waals surface area (Å²) in [7, 11) is 3.20. The van der Waals surface area contributed by atoms with Crippen molar-refractivity contribution in [2.45, 2.75) is 6.92 Å². The van der Waals surface area contributed by atoms with Crippen molar-refractivity contribution >= 4 is 28.7 Å². The molecule has 26 heavy (non-hydrogen) atoms. The Balaban J connectivity index is 1.91. The second kappa shape index (κ2) is 9.53. The van der Waals surface area contributed by atoms with E-state index < -0.39 is 0 Å². The fourth-order valence-corrected chi connectivity index (χ4v) is 2.38. The maximum Gasteiger partial charge on any atom is 0.189 e. The van der Waals surface area contributed by atoms with Gasteiger partial charge in [-0.25, -0.2) is 0 Å². The fourth-order valence-electron chi connectivity index (χ4n) is 2.21. The number of thiocarbonyl (C=S) groups is 1. The van der Waals surface area contributed by atoms with Gasteiger partial charge in [0.05, 0.1) is 26.5 Å². The average Bonchev–Trinajstić information content (AvgIpc) is 2.67. The van der Waals surface area contributed by atoms with Crippen LogP contribution in [0.5, 0.6) is 17.2 Å². The molecule has 2 rings (SSSR count). The molecule has 0 bridgehead atoms. The molecule has 0 aliphatic rings. The second-order valence-electron chi connectivity index (χ2n) is 5.21. The van der Waals surface area contributed by atoms with Crippen LogP contribution in [0.1, 0.15) is 12.5 Å². The molecule has 0 amide bonds. The molecule has 6 nitrogen and oxygen atoms in total. The summed E-state index contributed by atoms with van der Waals surface area (Å²) < 4.78 is 16.0. The standard InChI is InChI=1S/C19H23N3O3S/c1-5-25-15-8-6-14(7-9-15)20-19(26)22-21-13(2)17-11-10-16(23-3)12-18(17)24-4/h6-12,21H,2,5H2,1,3-4H3,(H2,20,22,26). The van der Waals surface area contributed by atoms with E-state index in [9.17, 15) is 0 Å². The summed E-state index contributed by atoms with van der Waals surface area (Å²) >= 11 is 5.28. The number of rotatable bonds is 8. The molecule has 0 unspecified atom stereocenters. The van der Waals surface area contributed by atoms with Crippen molar-refractivity contribution < 1.29 is 14.2 Å². The van der Waals surface area contributed by atoms with Gasteiger partial charge in [-0.3, -0.25) is 10.9 Å². The molecule has 0 aliphatic carbocycles. The zero-order chi connectivity index (χ0) is 18.9. The quantitative estimate of drug-likeness (QED) is 0.483. The van der Waals surface area contributed by atoms with Gasteiger partial charge >= 0.3 is 0 Å². The number of hydrogen-bond donors (Lipinski definition) is 3. The van der Waals surface area contributed by atoms with E-state index in [2.05, 4.69) is 22.7 Å². The minimum absolute atomic E-state index is 0.405. The Morgan fingerprint density at radius 1 is 1.00 bits per heavy atom. The van der Waals surface area contributed by atoms with Crippen LogP contribution < -0.4 is 30.4 Å². The van der Waals surface area contributed by atoms with Gasteiger partial charge in [0.15, 0.2) is 5.11 Å². The summed E-state index contributed by atoms with van der Waals surface area (Å²) in [6.45, 7) is 6.58. The number of nitrogens with one attached hydrogen (secondary N) is 3. The highest BCUT2D eigenvalue weighted by Crippen LogP contribution is 2.28. The first-order chi connectivity index (χ1) is 12.6. The van der Waals surface area contributed by atoms with Gasteiger partial charge in [0.25, 0.3) is 0 Å². The molecule has 2 aromatic carbocycles. The summed E-state index contributed by atoms with van der Waals surface area (Å²) in [4.78, 5) is 0. The van der Waals surface area contributed by atoms with Crippen molar-refractivity contribution in [2.75, 3.05) is 26.1 Å². The topological polar surface area (TPSA) is 63.8 Å². The molecule has 0 saturated heterocycles. The Labute approximate surface area is 159 Å². The fraction of sp³-hybridized carbons (Fsp3) is 0.211. The first kappa shape index (κ1) is 19.4. The van der Waals surface area contributed by atoms with E-state index >= 15 is 0 Å². The van der Waals surface area contributed by atoms with Gasteiger partial charge in [-0.1, -0.05) is 6.58 Å². The van der Waals surface area contributed by atoms with E-state index in [1.807, 2.05) is 43.3 Å².